The van der Waals surface area contributed by atoms with Gasteiger partial charge in [-0.05, 0) is 69.8 Å². The fraction of sp³-hybridized carbons (Fsp3) is 0.0526. The maximum atomic E-state index is 12.9. The first kappa shape index (κ1) is 33.1. The highest BCUT2D eigenvalue weighted by molar-refractivity contribution is 6.07. The van der Waals surface area contributed by atoms with E-state index in [4.69, 9.17) is 9.97 Å². The van der Waals surface area contributed by atoms with E-state index in [9.17, 15) is 47.4 Å². The van der Waals surface area contributed by atoms with Crippen molar-refractivity contribution in [2.24, 2.45) is 0 Å². The van der Waals surface area contributed by atoms with Gasteiger partial charge >= 0.3 is 12.7 Å². The normalized spacial score (nSPS) is 12.3. The van der Waals surface area contributed by atoms with Crippen molar-refractivity contribution >= 4 is 11.1 Å². The number of nitrogens with zero attached hydrogens (tertiary/aromatic N) is 6. The maximum absolute atomic E-state index is 12.9. The molecule has 14 heteroatoms. The van der Waals surface area contributed by atoms with E-state index in [1.54, 1.807) is 48.5 Å². The van der Waals surface area contributed by atoms with Crippen LogP contribution in [-0.4, -0.2) is 22.7 Å². The lowest BCUT2D eigenvalue weighted by molar-refractivity contribution is -0.275. The highest BCUT2D eigenvalue weighted by atomic mass is 19.4. The molecule has 250 valence electrons. The molecule has 52 heavy (non-hydrogen) atoms. The second-order valence-corrected chi connectivity index (χ2v) is 11.2. The lowest BCUT2D eigenvalue weighted by Crippen LogP contribution is -2.17. The number of aromatic nitrogens is 2. The molecule has 2 aliphatic carbocycles. The summed E-state index contributed by atoms with van der Waals surface area (Å²) in [6.45, 7) is 0. The van der Waals surface area contributed by atoms with Crippen LogP contribution in [0.2, 0.25) is 0 Å². The Morgan fingerprint density at radius 2 is 0.827 bits per heavy atom. The molecule has 0 atom stereocenters. The number of alkyl halides is 6. The average Bonchev–Trinajstić information content (AvgIpc) is 3.58. The maximum Gasteiger partial charge on any atom is 0.573 e. The van der Waals surface area contributed by atoms with Crippen molar-refractivity contribution in [1.82, 2.24) is 9.97 Å². The molecule has 8 nitrogen and oxygen atoms in total. The first-order valence-electron chi connectivity index (χ1n) is 14.9. The van der Waals surface area contributed by atoms with E-state index in [-0.39, 0.29) is 45.1 Å². The van der Waals surface area contributed by atoms with Crippen LogP contribution in [0.1, 0.15) is 22.5 Å². The predicted molar refractivity (Wildman–Crippen MR) is 172 cm³/mol. The van der Waals surface area contributed by atoms with Crippen LogP contribution >= 0.6 is 0 Å². The quantitative estimate of drug-likeness (QED) is 0.131. The first-order valence-corrected chi connectivity index (χ1v) is 14.9. The summed E-state index contributed by atoms with van der Waals surface area (Å²) in [5, 5.41) is 39.9. The Kier molecular flexibility index (Phi) is 7.74. The first-order chi connectivity index (χ1) is 24.8. The summed E-state index contributed by atoms with van der Waals surface area (Å²) < 4.78 is 85.7. The zero-order valence-corrected chi connectivity index (χ0v) is 25.9. The molecule has 2 aliphatic rings. The van der Waals surface area contributed by atoms with E-state index in [1.165, 1.54) is 24.3 Å². The van der Waals surface area contributed by atoms with Crippen LogP contribution in [-0.2, 0) is 0 Å². The Morgan fingerprint density at radius 1 is 0.462 bits per heavy atom. The van der Waals surface area contributed by atoms with E-state index >= 15 is 0 Å². The number of fused-ring (bicyclic) bond motifs is 6. The summed E-state index contributed by atoms with van der Waals surface area (Å²) in [6, 6.07) is 27.7. The Balaban J connectivity index is 1.40. The molecule has 7 rings (SSSR count). The van der Waals surface area contributed by atoms with Gasteiger partial charge in [-0.1, -0.05) is 48.5 Å². The van der Waals surface area contributed by atoms with Crippen LogP contribution in [0.25, 0.3) is 55.9 Å². The number of hydrogen-bond donors (Lipinski definition) is 0. The van der Waals surface area contributed by atoms with Crippen LogP contribution < -0.4 is 9.47 Å². The molecule has 0 aliphatic heterocycles. The minimum atomic E-state index is -4.92. The molecule has 0 saturated heterocycles. The van der Waals surface area contributed by atoms with Crippen LogP contribution in [0.15, 0.2) is 96.1 Å². The summed E-state index contributed by atoms with van der Waals surface area (Å²) in [5.74, 6) is -0.901. The number of halogens is 6. The van der Waals surface area contributed by atoms with Crippen molar-refractivity contribution in [3.63, 3.8) is 0 Å². The summed E-state index contributed by atoms with van der Waals surface area (Å²) in [5.41, 5.74) is 3.39. The van der Waals surface area contributed by atoms with Crippen molar-refractivity contribution in [2.75, 3.05) is 0 Å². The summed E-state index contributed by atoms with van der Waals surface area (Å²) in [4.78, 5) is 9.67. The van der Waals surface area contributed by atoms with E-state index in [2.05, 4.69) is 9.47 Å². The third-order valence-corrected chi connectivity index (χ3v) is 8.21. The number of hydrogen-bond acceptors (Lipinski definition) is 8. The fourth-order valence-corrected chi connectivity index (χ4v) is 6.21. The topological polar surface area (TPSA) is 139 Å². The molecule has 0 bridgehead atoms. The minimum absolute atomic E-state index is 0.118. The summed E-state index contributed by atoms with van der Waals surface area (Å²) in [6.07, 6.45) is -9.83. The van der Waals surface area contributed by atoms with Crippen LogP contribution in [0.3, 0.4) is 0 Å². The monoisotopic (exact) mass is 700 g/mol. The van der Waals surface area contributed by atoms with Crippen molar-refractivity contribution in [2.45, 2.75) is 12.7 Å². The Bertz CT molecular complexity index is 2400. The Hall–Kier alpha value is -7.42. The smallest absolute Gasteiger partial charge is 0.406 e. The molecule has 5 aromatic rings. The van der Waals surface area contributed by atoms with Gasteiger partial charge in [-0.25, -0.2) is 9.97 Å². The molecule has 0 fully saturated rings. The van der Waals surface area contributed by atoms with Gasteiger partial charge in [-0.2, -0.15) is 21.0 Å². The second-order valence-electron chi connectivity index (χ2n) is 11.2. The van der Waals surface area contributed by atoms with Gasteiger partial charge in [0.15, 0.2) is 0 Å². The van der Waals surface area contributed by atoms with Gasteiger partial charge in [-0.15, -0.1) is 26.3 Å². The van der Waals surface area contributed by atoms with E-state index < -0.39 is 24.2 Å². The van der Waals surface area contributed by atoms with Crippen molar-refractivity contribution < 1.29 is 35.8 Å². The van der Waals surface area contributed by atoms with Gasteiger partial charge < -0.3 is 9.47 Å². The molecule has 0 amide bonds. The molecular weight excluding hydrogens is 686 g/mol. The summed E-state index contributed by atoms with van der Waals surface area (Å²) >= 11 is 0. The van der Waals surface area contributed by atoms with Gasteiger partial charge in [-0.3, -0.25) is 0 Å². The zero-order chi connectivity index (χ0) is 36.9. The van der Waals surface area contributed by atoms with Gasteiger partial charge in [0.05, 0.1) is 11.4 Å². The lowest BCUT2D eigenvalue weighted by atomic mass is 9.96. The van der Waals surface area contributed by atoms with Crippen LogP contribution in [0.5, 0.6) is 11.5 Å². The van der Waals surface area contributed by atoms with Crippen LogP contribution in [0.4, 0.5) is 26.3 Å². The number of benzene rings is 4. The highest BCUT2D eigenvalue weighted by Gasteiger charge is 2.37. The molecule has 0 radical (unpaired) electrons. The van der Waals surface area contributed by atoms with E-state index in [0.717, 1.165) is 12.1 Å². The lowest BCUT2D eigenvalue weighted by Gasteiger charge is -2.11. The molecule has 0 saturated carbocycles. The third-order valence-electron chi connectivity index (χ3n) is 8.21. The molecule has 0 spiro atoms. The molecule has 1 aromatic heterocycles. The SMILES string of the molecule is N#CC(C#N)=C1c2cc(-c3cccc(OC(F)(F)F)c3)ccc2-c2nc3c(nc21)-c1ccc(-c2cccc(OC(F)(F)F)c2)cc1C3=C(C#N)C#N. The van der Waals surface area contributed by atoms with Crippen molar-refractivity contribution in [3.05, 3.63) is 119 Å². The minimum Gasteiger partial charge on any atom is -0.406 e. The van der Waals surface area contributed by atoms with Crippen molar-refractivity contribution in [1.29, 1.82) is 21.0 Å². The number of ether oxygens (including phenoxy) is 2. The van der Waals surface area contributed by atoms with E-state index in [0.29, 0.717) is 44.5 Å². The highest BCUT2D eigenvalue weighted by Crippen LogP contribution is 2.51. The van der Waals surface area contributed by atoms with Gasteiger partial charge in [0.1, 0.15) is 58.3 Å². The fourth-order valence-electron chi connectivity index (χ4n) is 6.21. The Morgan fingerprint density at radius 3 is 1.17 bits per heavy atom. The predicted octanol–water partition coefficient (Wildman–Crippen LogP) is 9.27. The van der Waals surface area contributed by atoms with Crippen LogP contribution in [0, 0.1) is 45.3 Å². The molecule has 0 N–H and O–H groups in total. The second kappa shape index (κ2) is 12.2. The van der Waals surface area contributed by atoms with Crippen molar-refractivity contribution in [3.8, 4) is 80.5 Å². The largest absolute Gasteiger partial charge is 0.573 e. The molecule has 4 aromatic carbocycles. The Labute approximate surface area is 289 Å². The third kappa shape index (κ3) is 5.81. The van der Waals surface area contributed by atoms with Gasteiger partial charge in [0.25, 0.3) is 0 Å². The molecule has 1 heterocycles. The molecule has 0 unspecified atom stereocenters. The van der Waals surface area contributed by atoms with Gasteiger partial charge in [0, 0.05) is 22.3 Å². The molecular formula is C38H14F6N6O2. The summed E-state index contributed by atoms with van der Waals surface area (Å²) in [7, 11) is 0. The zero-order valence-electron chi connectivity index (χ0n) is 25.9. The number of allylic oxidation sites excluding steroid dienone is 2. The number of rotatable bonds is 4. The van der Waals surface area contributed by atoms with Gasteiger partial charge in [0.2, 0.25) is 0 Å². The van der Waals surface area contributed by atoms with E-state index in [1.807, 2.05) is 24.3 Å². The standard InChI is InChI=1S/C38H14F6N6O2/c39-37(40,41)51-25-5-1-3-19(11-25)21-7-9-27-29(13-21)31(23(15-45)16-46)35-33(27)49-36-32(24(17-47)18-48)30-14-22(8-10-28(30)34(36)50-35)20-4-2-6-26(12-20)52-38(42,43)44/h1-14H. The number of nitriles is 4. The average molecular weight is 701 g/mol.